The first-order valence-corrected chi connectivity index (χ1v) is 22.0. The second-order valence-electron chi connectivity index (χ2n) is 13.2. The average molecular weight is 889 g/mol. The van der Waals surface area contributed by atoms with Crippen LogP contribution in [0.3, 0.4) is 0 Å². The highest BCUT2D eigenvalue weighted by molar-refractivity contribution is 7.88. The zero-order chi connectivity index (χ0) is 44.5. The molecule has 0 heterocycles. The van der Waals surface area contributed by atoms with Gasteiger partial charge in [0.05, 0.1) is 0 Å². The van der Waals surface area contributed by atoms with Gasteiger partial charge in [0, 0.05) is 60.1 Å². The minimum atomic E-state index is -4.62. The summed E-state index contributed by atoms with van der Waals surface area (Å²) in [6, 6.07) is 26.1. The molecule has 5 aromatic rings. The molecule has 0 saturated carbocycles. The second kappa shape index (κ2) is 21.8. The van der Waals surface area contributed by atoms with E-state index in [1.54, 1.807) is 36.4 Å². The van der Waals surface area contributed by atoms with E-state index in [9.17, 15) is 36.0 Å². The molecule has 0 fully saturated rings. The second-order valence-corrected chi connectivity index (χ2v) is 16.3. The number of hydrogen-bond donors (Lipinski definition) is 6. The molecule has 5 aromatic carbocycles. The van der Waals surface area contributed by atoms with Crippen LogP contribution in [-0.2, 0) is 20.2 Å². The molecule has 0 unspecified atom stereocenters. The molecular weight excluding hydrogens is 845 g/mol. The molecule has 0 aliphatic rings. The zero-order valence-corrected chi connectivity index (χ0v) is 35.1. The molecule has 6 N–H and O–H groups in total. The fourth-order valence-electron chi connectivity index (χ4n) is 5.27. The summed E-state index contributed by atoms with van der Waals surface area (Å²) in [6.45, 7) is 4.90. The predicted molar refractivity (Wildman–Crippen MR) is 231 cm³/mol. The van der Waals surface area contributed by atoms with Gasteiger partial charge < -0.3 is 49.7 Å². The van der Waals surface area contributed by atoms with Crippen LogP contribution in [0.2, 0.25) is 0 Å². The number of anilines is 4. The molecule has 6 amide bonds. The molecule has 20 heteroatoms. The van der Waals surface area contributed by atoms with Gasteiger partial charge in [-0.3, -0.25) is 0 Å². The van der Waals surface area contributed by atoms with Crippen molar-refractivity contribution in [1.29, 1.82) is 0 Å². The monoisotopic (exact) mass is 888 g/mol. The van der Waals surface area contributed by atoms with Crippen LogP contribution in [0, 0.1) is 0 Å². The van der Waals surface area contributed by atoms with Gasteiger partial charge in [0.25, 0.3) is 0 Å². The summed E-state index contributed by atoms with van der Waals surface area (Å²) in [4.78, 5) is 48.5. The number of urea groups is 2. The number of benzene rings is 5. The molecule has 0 atom stereocenters. The van der Waals surface area contributed by atoms with E-state index < -0.39 is 54.3 Å². The molecule has 5 rings (SSSR count). The Morgan fingerprint density at radius 2 is 0.774 bits per heavy atom. The number of carbonyl (C=O) groups is 4. The van der Waals surface area contributed by atoms with E-state index in [4.69, 9.17) is 17.8 Å². The number of carbonyl (C=O) groups excluding carboxylic acids is 4. The molecular formula is C42H44N6O12S2. The smallest absolute Gasteiger partial charge is 0.410 e. The van der Waals surface area contributed by atoms with Crippen molar-refractivity contribution in [2.75, 3.05) is 34.4 Å². The van der Waals surface area contributed by atoms with Crippen LogP contribution in [0.5, 0.6) is 23.0 Å². The number of rotatable bonds is 18. The lowest BCUT2D eigenvalue weighted by atomic mass is 10.3. The summed E-state index contributed by atoms with van der Waals surface area (Å²) in [5.74, 6) is -0.00233. The fraction of sp³-hybridized carbons (Fsp3) is 0.190. The van der Waals surface area contributed by atoms with Gasteiger partial charge in [-0.25, -0.2) is 19.2 Å². The van der Waals surface area contributed by atoms with Gasteiger partial charge in [-0.15, -0.1) is 0 Å². The fourth-order valence-corrected chi connectivity index (χ4v) is 7.28. The molecule has 326 valence electrons. The van der Waals surface area contributed by atoms with Crippen molar-refractivity contribution in [3.05, 3.63) is 121 Å². The quantitative estimate of drug-likeness (QED) is 0.0359. The molecule has 0 spiro atoms. The first-order valence-electron chi connectivity index (χ1n) is 19.2. The average Bonchev–Trinajstić information content (AvgIpc) is 3.21. The maximum Gasteiger partial charge on any atom is 0.412 e. The lowest BCUT2D eigenvalue weighted by Gasteiger charge is -2.12. The summed E-state index contributed by atoms with van der Waals surface area (Å²) in [7, 11) is -9.24. The third-order valence-electron chi connectivity index (χ3n) is 8.18. The third-order valence-corrected chi connectivity index (χ3v) is 10.7. The topological polar surface area (TPSA) is 246 Å². The lowest BCUT2D eigenvalue weighted by molar-refractivity contribution is 0.199. The van der Waals surface area contributed by atoms with Crippen molar-refractivity contribution in [3.8, 4) is 23.0 Å². The molecule has 0 aromatic heterocycles. The van der Waals surface area contributed by atoms with Gasteiger partial charge >= 0.3 is 44.5 Å². The summed E-state index contributed by atoms with van der Waals surface area (Å²) in [5, 5.41) is 15.6. The molecule has 0 aliphatic carbocycles. The number of hydrogen-bond acceptors (Lipinski definition) is 12. The summed E-state index contributed by atoms with van der Waals surface area (Å²) >= 11 is 0. The van der Waals surface area contributed by atoms with Gasteiger partial charge in [-0.1, -0.05) is 57.0 Å². The maximum absolute atomic E-state index is 13.3. The Morgan fingerprint density at radius 3 is 1.13 bits per heavy atom. The Bertz CT molecular complexity index is 2430. The molecule has 0 aliphatic heterocycles. The number of unbranched alkanes of at least 4 members (excludes halogenated alkanes) is 2. The maximum atomic E-state index is 13.3. The van der Waals surface area contributed by atoms with Gasteiger partial charge in [-0.05, 0) is 79.6 Å². The van der Waals surface area contributed by atoms with Crippen LogP contribution in [0.4, 0.5) is 41.9 Å². The summed E-state index contributed by atoms with van der Waals surface area (Å²) in [5.41, 5.74) is 0.913. The van der Waals surface area contributed by atoms with E-state index >= 15 is 0 Å². The summed E-state index contributed by atoms with van der Waals surface area (Å²) in [6.07, 6.45) is 2.13. The van der Waals surface area contributed by atoms with Crippen molar-refractivity contribution in [2.45, 2.75) is 49.3 Å². The Morgan fingerprint density at radius 1 is 0.452 bits per heavy atom. The Balaban J connectivity index is 1.17. The van der Waals surface area contributed by atoms with E-state index in [-0.39, 0.29) is 34.4 Å². The van der Waals surface area contributed by atoms with E-state index in [0.717, 1.165) is 43.9 Å². The highest BCUT2D eigenvalue weighted by Crippen LogP contribution is 2.27. The van der Waals surface area contributed by atoms with Crippen molar-refractivity contribution >= 4 is 67.2 Å². The van der Waals surface area contributed by atoms with Crippen molar-refractivity contribution < 1.29 is 53.9 Å². The van der Waals surface area contributed by atoms with Gasteiger partial charge in [0.2, 0.25) is 0 Å². The van der Waals surface area contributed by atoms with Crippen LogP contribution in [0.15, 0.2) is 131 Å². The molecule has 0 bridgehead atoms. The Labute approximate surface area is 358 Å². The van der Waals surface area contributed by atoms with Crippen LogP contribution >= 0.6 is 0 Å². The minimum Gasteiger partial charge on any atom is -0.410 e. The molecule has 62 heavy (non-hydrogen) atoms. The normalized spacial score (nSPS) is 11.0. The first-order chi connectivity index (χ1) is 29.7. The van der Waals surface area contributed by atoms with E-state index in [1.807, 2.05) is 13.8 Å². The Hall–Kier alpha value is -7.32. The molecule has 0 radical (unpaired) electrons. The van der Waals surface area contributed by atoms with E-state index in [1.165, 1.54) is 66.7 Å². The number of ether oxygens (including phenoxy) is 2. The van der Waals surface area contributed by atoms with Crippen molar-refractivity contribution in [1.82, 2.24) is 10.6 Å². The molecule has 18 nitrogen and oxygen atoms in total. The van der Waals surface area contributed by atoms with E-state index in [2.05, 4.69) is 31.9 Å². The standard InChI is InChI=1S/C42H44N6O12S2/c1-3-5-22-43-41(51)57-33-16-7-12-29(24-33)45-39(49)47-31-14-9-18-35(26-31)59-61(53,54)37-20-11-21-38(28-37)62(55,56)60-36-19-10-15-32(27-36)48-40(50)46-30-13-8-17-34(25-30)58-42(52)44-23-6-4-2/h7-21,24-28H,3-6,22-23H2,1-2H3,(H,43,51)(H,44,52)(H2,45,47,49)(H2,46,48,50). The van der Waals surface area contributed by atoms with Gasteiger partial charge in [0.1, 0.15) is 32.8 Å². The van der Waals surface area contributed by atoms with Crippen molar-refractivity contribution in [3.63, 3.8) is 0 Å². The predicted octanol–water partition coefficient (Wildman–Crippen LogP) is 8.29. The van der Waals surface area contributed by atoms with Crippen LogP contribution in [-0.4, -0.2) is 54.2 Å². The van der Waals surface area contributed by atoms with Crippen molar-refractivity contribution in [2.24, 2.45) is 0 Å². The van der Waals surface area contributed by atoms with Gasteiger partial charge in [0.15, 0.2) is 0 Å². The van der Waals surface area contributed by atoms with Crippen LogP contribution in [0.1, 0.15) is 39.5 Å². The largest absolute Gasteiger partial charge is 0.412 e. The van der Waals surface area contributed by atoms with Gasteiger partial charge in [-0.2, -0.15) is 16.8 Å². The number of amides is 6. The van der Waals surface area contributed by atoms with Crippen LogP contribution < -0.4 is 49.7 Å². The Kier molecular flexibility index (Phi) is 16.1. The highest BCUT2D eigenvalue weighted by Gasteiger charge is 2.23. The molecule has 0 saturated heterocycles. The highest BCUT2D eigenvalue weighted by atomic mass is 32.2. The number of nitrogens with one attached hydrogen (secondary N) is 6. The zero-order valence-electron chi connectivity index (χ0n) is 33.5. The summed E-state index contributed by atoms with van der Waals surface area (Å²) < 4.78 is 74.3. The third kappa shape index (κ3) is 14.4. The minimum absolute atomic E-state index is 0.152. The SMILES string of the molecule is CCCCNC(=O)Oc1cccc(NC(=O)Nc2cccc(OS(=O)(=O)c3cccc(S(=O)(=O)Oc4cccc(NC(=O)Nc5cccc(OC(=O)NCCCC)c5)c4)c3)c2)c1. The van der Waals surface area contributed by atoms with E-state index in [0.29, 0.717) is 24.5 Å². The first kappa shape index (κ1) is 45.8. The lowest BCUT2D eigenvalue weighted by Crippen LogP contribution is -2.27. The van der Waals surface area contributed by atoms with Crippen LogP contribution in [0.25, 0.3) is 0 Å².